The summed E-state index contributed by atoms with van der Waals surface area (Å²) < 4.78 is 13.6. The molecule has 0 aliphatic rings. The van der Waals surface area contributed by atoms with Gasteiger partial charge in [-0.05, 0) is 55.4 Å². The van der Waals surface area contributed by atoms with E-state index in [1.807, 2.05) is 31.2 Å². The van der Waals surface area contributed by atoms with Crippen LogP contribution in [0.5, 0.6) is 5.75 Å². The van der Waals surface area contributed by atoms with Crippen molar-refractivity contribution in [3.8, 4) is 11.4 Å². The molecule has 0 saturated carbocycles. The Labute approximate surface area is 156 Å². The quantitative estimate of drug-likeness (QED) is 0.780. The van der Waals surface area contributed by atoms with Crippen LogP contribution in [0.1, 0.15) is 27.7 Å². The van der Waals surface area contributed by atoms with Crippen LogP contribution in [0.15, 0.2) is 41.3 Å². The van der Waals surface area contributed by atoms with Gasteiger partial charge in [0.15, 0.2) is 8.32 Å². The van der Waals surface area contributed by atoms with Crippen LogP contribution in [0.2, 0.25) is 18.1 Å². The zero-order valence-corrected chi connectivity index (χ0v) is 17.4. The third-order valence-electron chi connectivity index (χ3n) is 4.73. The molecule has 1 aromatic carbocycles. The van der Waals surface area contributed by atoms with Crippen LogP contribution in [-0.4, -0.2) is 30.6 Å². The van der Waals surface area contributed by atoms with E-state index in [9.17, 15) is 4.79 Å². The lowest BCUT2D eigenvalue weighted by atomic mass is 10.2. The molecular weight excluding hydrogens is 346 g/mol. The third-order valence-corrected chi connectivity index (χ3v) is 9.33. The molecule has 1 aromatic heterocycles. The summed E-state index contributed by atoms with van der Waals surface area (Å²) in [6, 6.07) is 8.88. The van der Waals surface area contributed by atoms with E-state index in [0.29, 0.717) is 12.3 Å². The van der Waals surface area contributed by atoms with E-state index in [1.54, 1.807) is 12.3 Å². The number of nitrogen functional groups attached to an aromatic ring is 1. The molecule has 0 spiro atoms. The fraction of sp³-hybridized carbons (Fsp3) is 0.474. The molecule has 0 radical (unpaired) electrons. The monoisotopic (exact) mass is 375 g/mol. The first-order chi connectivity index (χ1) is 12.0. The summed E-state index contributed by atoms with van der Waals surface area (Å²) in [6.45, 7) is 13.6. The van der Waals surface area contributed by atoms with Crippen LogP contribution in [-0.2, 0) is 4.43 Å². The summed E-state index contributed by atoms with van der Waals surface area (Å²) in [7, 11) is -1.81. The first-order valence-corrected chi connectivity index (χ1v) is 11.7. The average molecular weight is 376 g/mol. The molecule has 0 saturated heterocycles. The average Bonchev–Trinajstić information content (AvgIpc) is 2.52. The van der Waals surface area contributed by atoms with E-state index in [2.05, 4.69) is 38.8 Å². The van der Waals surface area contributed by atoms with Gasteiger partial charge < -0.3 is 14.9 Å². The maximum Gasteiger partial charge on any atom is 0.354 e. The normalized spacial score (nSPS) is 13.5. The van der Waals surface area contributed by atoms with Crippen molar-refractivity contribution in [3.63, 3.8) is 0 Å². The van der Waals surface area contributed by atoms with Gasteiger partial charge in [-0.15, -0.1) is 0 Å². The van der Waals surface area contributed by atoms with Gasteiger partial charge in [-0.2, -0.15) is 4.98 Å². The van der Waals surface area contributed by atoms with Crippen LogP contribution in [0, 0.1) is 0 Å². The van der Waals surface area contributed by atoms with Gasteiger partial charge in [-0.3, -0.25) is 4.57 Å². The van der Waals surface area contributed by atoms with Crippen molar-refractivity contribution in [2.75, 3.05) is 12.3 Å². The predicted octanol–water partition coefficient (Wildman–Crippen LogP) is 3.60. The Morgan fingerprint density at radius 1 is 1.19 bits per heavy atom. The summed E-state index contributed by atoms with van der Waals surface area (Å²) in [6.07, 6.45) is 1.62. The van der Waals surface area contributed by atoms with Crippen LogP contribution in [0.3, 0.4) is 0 Å². The summed E-state index contributed by atoms with van der Waals surface area (Å²) >= 11 is 0. The van der Waals surface area contributed by atoms with Gasteiger partial charge in [-0.1, -0.05) is 20.8 Å². The summed E-state index contributed by atoms with van der Waals surface area (Å²) in [5.74, 6) is 0.942. The molecule has 142 valence electrons. The molecule has 1 unspecified atom stereocenters. The van der Waals surface area contributed by atoms with E-state index < -0.39 is 14.0 Å². The van der Waals surface area contributed by atoms with Gasteiger partial charge in [0, 0.05) is 6.20 Å². The molecule has 7 heteroatoms. The second-order valence-electron chi connectivity index (χ2n) is 8.00. The molecule has 0 amide bonds. The molecule has 26 heavy (non-hydrogen) atoms. The smallest absolute Gasteiger partial charge is 0.354 e. The predicted molar refractivity (Wildman–Crippen MR) is 107 cm³/mol. The first kappa shape index (κ1) is 20.2. The number of aromatic nitrogens is 2. The summed E-state index contributed by atoms with van der Waals surface area (Å²) in [4.78, 5) is 15.6. The van der Waals surface area contributed by atoms with Gasteiger partial charge in [0.25, 0.3) is 0 Å². The van der Waals surface area contributed by atoms with E-state index >= 15 is 0 Å². The Kier molecular flexibility index (Phi) is 5.93. The molecule has 2 N–H and O–H groups in total. The Morgan fingerprint density at radius 3 is 2.35 bits per heavy atom. The minimum absolute atomic E-state index is 0.0134. The van der Waals surface area contributed by atoms with Gasteiger partial charge in [0.1, 0.15) is 18.2 Å². The lowest BCUT2D eigenvalue weighted by Gasteiger charge is -2.38. The number of rotatable bonds is 6. The zero-order chi connectivity index (χ0) is 19.5. The topological polar surface area (TPSA) is 79.4 Å². The first-order valence-electron chi connectivity index (χ1n) is 8.76. The maximum atomic E-state index is 11.9. The minimum Gasteiger partial charge on any atom is -0.491 e. The minimum atomic E-state index is -1.81. The lowest BCUT2D eigenvalue weighted by Crippen LogP contribution is -2.44. The van der Waals surface area contributed by atoms with Crippen molar-refractivity contribution in [3.05, 3.63) is 47.0 Å². The number of benzene rings is 1. The molecule has 0 aliphatic carbocycles. The number of nitrogens with two attached hydrogens (primary N) is 1. The number of ether oxygens (including phenoxy) is 1. The second kappa shape index (κ2) is 7.63. The van der Waals surface area contributed by atoms with Crippen LogP contribution >= 0.6 is 0 Å². The molecular formula is C19H29N3O3Si. The highest BCUT2D eigenvalue weighted by Gasteiger charge is 2.38. The number of hydrogen-bond donors (Lipinski definition) is 1. The fourth-order valence-corrected chi connectivity index (χ4v) is 3.67. The Balaban J connectivity index is 1.98. The van der Waals surface area contributed by atoms with Crippen LogP contribution in [0.25, 0.3) is 5.69 Å². The van der Waals surface area contributed by atoms with E-state index in [-0.39, 0.29) is 17.0 Å². The number of nitrogens with zero attached hydrogens (tertiary/aromatic N) is 2. The Morgan fingerprint density at radius 2 is 1.81 bits per heavy atom. The van der Waals surface area contributed by atoms with E-state index in [1.165, 1.54) is 4.57 Å². The molecule has 1 heterocycles. The highest BCUT2D eigenvalue weighted by molar-refractivity contribution is 6.74. The van der Waals surface area contributed by atoms with Crippen molar-refractivity contribution in [2.24, 2.45) is 0 Å². The molecule has 0 bridgehead atoms. The van der Waals surface area contributed by atoms with Crippen molar-refractivity contribution >= 4 is 14.1 Å². The van der Waals surface area contributed by atoms with Crippen LogP contribution in [0.4, 0.5) is 5.82 Å². The van der Waals surface area contributed by atoms with Gasteiger partial charge in [-0.25, -0.2) is 4.79 Å². The van der Waals surface area contributed by atoms with Crippen molar-refractivity contribution in [1.29, 1.82) is 0 Å². The second-order valence-corrected chi connectivity index (χ2v) is 12.8. The van der Waals surface area contributed by atoms with E-state index in [4.69, 9.17) is 14.9 Å². The lowest BCUT2D eigenvalue weighted by molar-refractivity contribution is 0.129. The summed E-state index contributed by atoms with van der Waals surface area (Å²) in [5.41, 5.74) is 5.82. The Hall–Kier alpha value is -2.12. The Bertz CT molecular complexity index is 795. The SMILES string of the molecule is CC(COc1ccc(-n2ccc(N)nc2=O)cc1)O[Si](C)(C)C(C)(C)C. The summed E-state index contributed by atoms with van der Waals surface area (Å²) in [5, 5.41) is 0.170. The largest absolute Gasteiger partial charge is 0.491 e. The van der Waals surface area contributed by atoms with Crippen LogP contribution < -0.4 is 16.2 Å². The highest BCUT2D eigenvalue weighted by Crippen LogP contribution is 2.37. The highest BCUT2D eigenvalue weighted by atomic mass is 28.4. The van der Waals surface area contributed by atoms with Crippen molar-refractivity contribution in [2.45, 2.75) is 51.9 Å². The number of anilines is 1. The molecule has 6 nitrogen and oxygen atoms in total. The van der Waals surface area contributed by atoms with Crippen molar-refractivity contribution in [1.82, 2.24) is 9.55 Å². The fourth-order valence-electron chi connectivity index (χ4n) is 2.24. The van der Waals surface area contributed by atoms with Gasteiger partial charge in [0.05, 0.1) is 11.8 Å². The molecule has 1 atom stereocenters. The number of hydrogen-bond acceptors (Lipinski definition) is 5. The standard InChI is InChI=1S/C19H29N3O3Si/c1-14(25-26(5,6)19(2,3)4)13-24-16-9-7-15(8-10-16)22-12-11-17(20)21-18(22)23/h7-12,14H,13H2,1-6H3,(H2,20,21,23). The van der Waals surface area contributed by atoms with Gasteiger partial charge in [0.2, 0.25) is 0 Å². The van der Waals surface area contributed by atoms with Crippen molar-refractivity contribution < 1.29 is 9.16 Å². The molecule has 2 aromatic rings. The molecule has 0 aliphatic heterocycles. The van der Waals surface area contributed by atoms with Gasteiger partial charge >= 0.3 is 5.69 Å². The molecule has 2 rings (SSSR count). The molecule has 0 fully saturated rings. The zero-order valence-electron chi connectivity index (χ0n) is 16.4. The third kappa shape index (κ3) is 4.95. The maximum absolute atomic E-state index is 11.9. The van der Waals surface area contributed by atoms with E-state index in [0.717, 1.165) is 5.75 Å².